The summed E-state index contributed by atoms with van der Waals surface area (Å²) < 4.78 is 5.11. The van der Waals surface area contributed by atoms with Crippen LogP contribution in [0.25, 0.3) is 0 Å². The fourth-order valence-corrected chi connectivity index (χ4v) is 4.17. The van der Waals surface area contributed by atoms with Crippen molar-refractivity contribution in [1.29, 1.82) is 0 Å². The SMILES string of the molecule is CCOC(=O)c1c(N)sc(C(=O)NC)c1C[NH+](C)Cc1ccsc1. The van der Waals surface area contributed by atoms with Gasteiger partial charge in [-0.15, -0.1) is 11.3 Å². The summed E-state index contributed by atoms with van der Waals surface area (Å²) >= 11 is 2.78. The molecule has 2 heterocycles. The number of amides is 1. The molecule has 0 spiro atoms. The first-order valence-electron chi connectivity index (χ1n) is 7.60. The molecule has 130 valence electrons. The highest BCUT2D eigenvalue weighted by molar-refractivity contribution is 7.18. The molecule has 0 fully saturated rings. The van der Waals surface area contributed by atoms with Gasteiger partial charge in [-0.25, -0.2) is 4.79 Å². The lowest BCUT2D eigenvalue weighted by molar-refractivity contribution is -0.907. The van der Waals surface area contributed by atoms with E-state index in [2.05, 4.69) is 16.8 Å². The van der Waals surface area contributed by atoms with Crippen LogP contribution in [0, 0.1) is 0 Å². The molecule has 2 aromatic heterocycles. The van der Waals surface area contributed by atoms with Gasteiger partial charge in [-0.05, 0) is 23.8 Å². The Morgan fingerprint density at radius 3 is 2.71 bits per heavy atom. The van der Waals surface area contributed by atoms with Gasteiger partial charge in [0.1, 0.15) is 28.5 Å². The molecule has 1 amide bonds. The van der Waals surface area contributed by atoms with Crippen LogP contribution in [0.5, 0.6) is 0 Å². The number of ether oxygens (including phenoxy) is 1. The Balaban J connectivity index is 2.33. The molecular formula is C16H22N3O3S2+. The van der Waals surface area contributed by atoms with Crippen LogP contribution in [0.4, 0.5) is 5.00 Å². The molecule has 0 saturated carbocycles. The van der Waals surface area contributed by atoms with Crippen LogP contribution < -0.4 is 16.0 Å². The van der Waals surface area contributed by atoms with E-state index in [1.165, 1.54) is 5.56 Å². The minimum absolute atomic E-state index is 0.236. The molecule has 0 bridgehead atoms. The Hall–Kier alpha value is -1.90. The number of nitrogen functional groups attached to an aromatic ring is 1. The Kier molecular flexibility index (Phi) is 6.36. The van der Waals surface area contributed by atoms with Gasteiger partial charge in [0, 0.05) is 18.2 Å². The summed E-state index contributed by atoms with van der Waals surface area (Å²) in [6.07, 6.45) is 0. The second-order valence-corrected chi connectivity index (χ2v) is 7.22. The predicted octanol–water partition coefficient (Wildman–Crippen LogP) is 1.14. The maximum absolute atomic E-state index is 12.3. The number of thiophene rings is 2. The van der Waals surface area contributed by atoms with Gasteiger partial charge in [-0.1, -0.05) is 0 Å². The van der Waals surface area contributed by atoms with Crippen molar-refractivity contribution in [2.45, 2.75) is 20.0 Å². The number of quaternary nitrogens is 1. The third-order valence-electron chi connectivity index (χ3n) is 3.51. The average molecular weight is 369 g/mol. The second-order valence-electron chi connectivity index (χ2n) is 5.39. The topological polar surface area (TPSA) is 85.9 Å². The van der Waals surface area contributed by atoms with Gasteiger partial charge in [0.25, 0.3) is 5.91 Å². The Bertz CT molecular complexity index is 710. The fourth-order valence-electron chi connectivity index (χ4n) is 2.48. The highest BCUT2D eigenvalue weighted by Crippen LogP contribution is 2.31. The van der Waals surface area contributed by atoms with Crippen LogP contribution >= 0.6 is 22.7 Å². The van der Waals surface area contributed by atoms with E-state index in [1.54, 1.807) is 25.3 Å². The van der Waals surface area contributed by atoms with Gasteiger partial charge in [0.05, 0.1) is 13.7 Å². The van der Waals surface area contributed by atoms with Crippen molar-refractivity contribution in [3.05, 3.63) is 38.4 Å². The largest absolute Gasteiger partial charge is 0.462 e. The first-order chi connectivity index (χ1) is 11.5. The van der Waals surface area contributed by atoms with Crippen LogP contribution in [0.2, 0.25) is 0 Å². The van der Waals surface area contributed by atoms with Crippen molar-refractivity contribution in [2.75, 3.05) is 26.4 Å². The van der Waals surface area contributed by atoms with Gasteiger partial charge < -0.3 is 20.7 Å². The lowest BCUT2D eigenvalue weighted by atomic mass is 10.1. The molecule has 1 atom stereocenters. The molecule has 4 N–H and O–H groups in total. The third kappa shape index (κ3) is 4.14. The molecule has 2 aromatic rings. The van der Waals surface area contributed by atoms with E-state index in [-0.39, 0.29) is 12.5 Å². The molecule has 2 rings (SSSR count). The summed E-state index contributed by atoms with van der Waals surface area (Å²) in [5, 5.41) is 7.06. The highest BCUT2D eigenvalue weighted by atomic mass is 32.1. The normalized spacial score (nSPS) is 12.0. The van der Waals surface area contributed by atoms with E-state index in [0.717, 1.165) is 22.8 Å². The fraction of sp³-hybridized carbons (Fsp3) is 0.375. The zero-order valence-corrected chi connectivity index (χ0v) is 15.6. The first kappa shape index (κ1) is 18.4. The first-order valence-corrected chi connectivity index (χ1v) is 9.36. The molecule has 0 saturated heterocycles. The monoisotopic (exact) mass is 368 g/mol. The van der Waals surface area contributed by atoms with Crippen molar-refractivity contribution in [3.63, 3.8) is 0 Å². The van der Waals surface area contributed by atoms with Crippen molar-refractivity contribution in [3.8, 4) is 0 Å². The maximum Gasteiger partial charge on any atom is 0.341 e. The van der Waals surface area contributed by atoms with Crippen LogP contribution in [0.15, 0.2) is 16.8 Å². The number of carbonyl (C=O) groups excluding carboxylic acids is 2. The number of anilines is 1. The molecule has 0 radical (unpaired) electrons. The molecule has 0 aliphatic heterocycles. The summed E-state index contributed by atoms with van der Waals surface area (Å²) in [4.78, 5) is 26.1. The summed E-state index contributed by atoms with van der Waals surface area (Å²) in [5.41, 5.74) is 8.21. The minimum atomic E-state index is -0.472. The predicted molar refractivity (Wildman–Crippen MR) is 96.7 cm³/mol. The Labute approximate surface area is 149 Å². The van der Waals surface area contributed by atoms with Crippen LogP contribution in [-0.4, -0.2) is 32.6 Å². The standard InChI is InChI=1S/C16H21N3O3S2/c1-4-22-16(21)12-11(13(15(20)18-2)24-14(12)17)8-19(3)7-10-5-6-23-9-10/h5-6,9H,4,7-8,17H2,1-3H3,(H,18,20)/p+1. The molecule has 0 aromatic carbocycles. The van der Waals surface area contributed by atoms with Crippen molar-refractivity contribution < 1.29 is 19.2 Å². The van der Waals surface area contributed by atoms with Crippen molar-refractivity contribution in [2.24, 2.45) is 0 Å². The summed E-state index contributed by atoms with van der Waals surface area (Å²) in [7, 11) is 3.59. The maximum atomic E-state index is 12.3. The molecule has 8 heteroatoms. The quantitative estimate of drug-likeness (QED) is 0.640. The zero-order chi connectivity index (χ0) is 17.7. The molecule has 24 heavy (non-hydrogen) atoms. The number of esters is 1. The third-order valence-corrected chi connectivity index (χ3v) is 5.30. The number of hydrogen-bond donors (Lipinski definition) is 3. The van der Waals surface area contributed by atoms with Gasteiger partial charge in [-0.3, -0.25) is 4.79 Å². The second kappa shape index (κ2) is 8.27. The number of hydrogen-bond acceptors (Lipinski definition) is 6. The highest BCUT2D eigenvalue weighted by Gasteiger charge is 2.28. The Morgan fingerprint density at radius 1 is 1.38 bits per heavy atom. The molecule has 1 unspecified atom stereocenters. The van der Waals surface area contributed by atoms with Gasteiger partial charge in [0.2, 0.25) is 0 Å². The lowest BCUT2D eigenvalue weighted by Crippen LogP contribution is -3.06. The number of rotatable bonds is 7. The van der Waals surface area contributed by atoms with E-state index in [0.29, 0.717) is 27.5 Å². The van der Waals surface area contributed by atoms with Crippen molar-refractivity contribution >= 4 is 39.6 Å². The average Bonchev–Trinajstić information content (AvgIpc) is 3.14. The molecular weight excluding hydrogens is 346 g/mol. The molecule has 0 aliphatic rings. The lowest BCUT2D eigenvalue weighted by Gasteiger charge is -2.15. The zero-order valence-electron chi connectivity index (χ0n) is 14.0. The molecule has 0 aliphatic carbocycles. The minimum Gasteiger partial charge on any atom is -0.462 e. The summed E-state index contributed by atoms with van der Waals surface area (Å²) in [6.45, 7) is 3.32. The van der Waals surface area contributed by atoms with Gasteiger partial charge in [-0.2, -0.15) is 11.3 Å². The van der Waals surface area contributed by atoms with E-state index in [4.69, 9.17) is 10.5 Å². The van der Waals surface area contributed by atoms with Crippen LogP contribution in [-0.2, 0) is 17.8 Å². The van der Waals surface area contributed by atoms with E-state index in [9.17, 15) is 9.59 Å². The van der Waals surface area contributed by atoms with E-state index >= 15 is 0 Å². The van der Waals surface area contributed by atoms with Gasteiger partial charge in [0.15, 0.2) is 0 Å². The van der Waals surface area contributed by atoms with E-state index < -0.39 is 5.97 Å². The number of carbonyl (C=O) groups is 2. The summed E-state index contributed by atoms with van der Waals surface area (Å²) in [5.74, 6) is -0.708. The molecule has 6 nitrogen and oxygen atoms in total. The van der Waals surface area contributed by atoms with E-state index in [1.807, 2.05) is 12.4 Å². The van der Waals surface area contributed by atoms with Crippen LogP contribution in [0.1, 0.15) is 38.1 Å². The smallest absolute Gasteiger partial charge is 0.341 e. The van der Waals surface area contributed by atoms with Gasteiger partial charge >= 0.3 is 5.97 Å². The Morgan fingerprint density at radius 2 is 2.12 bits per heavy atom. The van der Waals surface area contributed by atoms with Crippen molar-refractivity contribution in [1.82, 2.24) is 5.32 Å². The summed E-state index contributed by atoms with van der Waals surface area (Å²) in [6, 6.07) is 2.07. The van der Waals surface area contributed by atoms with Crippen LogP contribution in [0.3, 0.4) is 0 Å². The number of nitrogens with one attached hydrogen (secondary N) is 2. The number of nitrogens with two attached hydrogens (primary N) is 1.